The highest BCUT2D eigenvalue weighted by molar-refractivity contribution is 6.61. The smallest absolute Gasteiger partial charge is 0.377 e. The molecular weight excluding hydrogens is 412 g/mol. The van der Waals surface area contributed by atoms with Gasteiger partial charge in [0.1, 0.15) is 0 Å². The van der Waals surface area contributed by atoms with Gasteiger partial charge in [-0.1, -0.05) is 0 Å². The minimum Gasteiger partial charge on any atom is -0.377 e. The van der Waals surface area contributed by atoms with Gasteiger partial charge in [0, 0.05) is 72.7 Å². The largest absolute Gasteiger partial charge is 0.500 e. The number of hydrogen-bond acceptors (Lipinski definition) is 8. The van der Waals surface area contributed by atoms with E-state index >= 15 is 0 Å². The fourth-order valence-corrected chi connectivity index (χ4v) is 7.27. The van der Waals surface area contributed by atoms with E-state index in [1.54, 1.807) is 21.3 Å². The maximum atomic E-state index is 11.9. The minimum atomic E-state index is -2.57. The van der Waals surface area contributed by atoms with Crippen molar-refractivity contribution in [3.63, 3.8) is 0 Å². The number of rotatable bonds is 20. The average molecular weight is 455 g/mol. The predicted molar refractivity (Wildman–Crippen MR) is 117 cm³/mol. The first kappa shape index (κ1) is 28.6. The molecule has 0 aromatic carbocycles. The molecule has 0 aliphatic heterocycles. The van der Waals surface area contributed by atoms with Crippen molar-refractivity contribution in [1.82, 2.24) is 10.6 Å². The second kappa shape index (κ2) is 17.3. The van der Waals surface area contributed by atoms with E-state index < -0.39 is 17.6 Å². The Morgan fingerprint density at radius 2 is 1.21 bits per heavy atom. The van der Waals surface area contributed by atoms with Crippen molar-refractivity contribution >= 4 is 23.5 Å². The summed E-state index contributed by atoms with van der Waals surface area (Å²) in [6, 6.07) is 1.44. The number of hydrogen-bond donors (Lipinski definition) is 2. The van der Waals surface area contributed by atoms with E-state index in [9.17, 15) is 4.79 Å². The Labute approximate surface area is 178 Å². The van der Waals surface area contributed by atoms with Crippen molar-refractivity contribution in [2.24, 2.45) is 0 Å². The molecule has 0 saturated heterocycles. The van der Waals surface area contributed by atoms with Crippen LogP contribution in [0.15, 0.2) is 0 Å². The molecule has 0 spiro atoms. The van der Waals surface area contributed by atoms with Crippen molar-refractivity contribution < 1.29 is 31.4 Å². The van der Waals surface area contributed by atoms with Gasteiger partial charge in [0.05, 0.1) is 0 Å². The molecule has 0 bridgehead atoms. The monoisotopic (exact) mass is 454 g/mol. The molecule has 0 aliphatic carbocycles. The molecule has 0 aromatic rings. The summed E-state index contributed by atoms with van der Waals surface area (Å²) in [5.41, 5.74) is 0. The minimum absolute atomic E-state index is 0.0266. The van der Waals surface area contributed by atoms with Crippen LogP contribution in [-0.2, 0) is 31.4 Å². The summed E-state index contributed by atoms with van der Waals surface area (Å²) >= 11 is 0. The van der Waals surface area contributed by atoms with E-state index in [0.717, 1.165) is 25.4 Å². The van der Waals surface area contributed by atoms with Crippen LogP contribution in [0.25, 0.3) is 0 Å². The molecular formula is C18H42N2O7Si2. The second-order valence-electron chi connectivity index (χ2n) is 6.33. The molecule has 0 atom stereocenters. The Hall–Kier alpha value is -0.376. The molecule has 174 valence electrons. The Balaban J connectivity index is 3.95. The second-order valence-corrected chi connectivity index (χ2v) is 12.2. The summed E-state index contributed by atoms with van der Waals surface area (Å²) in [6.45, 7) is 9.63. The molecule has 0 heterocycles. The third kappa shape index (κ3) is 12.2. The quantitative estimate of drug-likeness (QED) is 0.212. The van der Waals surface area contributed by atoms with Gasteiger partial charge in [0.15, 0.2) is 0 Å². The van der Waals surface area contributed by atoms with Crippen molar-refractivity contribution in [3.8, 4) is 0 Å². The number of nitrogens with one attached hydrogen (secondary N) is 2. The normalized spacial score (nSPS) is 12.3. The van der Waals surface area contributed by atoms with Gasteiger partial charge in [-0.2, -0.15) is 0 Å². The van der Waals surface area contributed by atoms with Gasteiger partial charge in [0.25, 0.3) is 0 Å². The summed E-state index contributed by atoms with van der Waals surface area (Å²) in [6.07, 6.45) is 2.07. The standard InChI is InChI=1S/C18H42N2O7Si2/c1-7-25-29(26-8-2,27-9-3)17-10-13-19-15-12-18(21)20-14-11-16-28(22-4,23-5)24-6/h19H,7-17H2,1-6H3,(H,20,21). The molecule has 0 unspecified atom stereocenters. The summed E-state index contributed by atoms with van der Waals surface area (Å²) < 4.78 is 33.6. The fourth-order valence-electron chi connectivity index (χ4n) is 2.94. The van der Waals surface area contributed by atoms with Gasteiger partial charge in [-0.15, -0.1) is 0 Å². The SMILES string of the molecule is CCO[Si](CCCNCCC(=O)NCCC[Si](OC)(OC)OC)(OCC)OCC. The maximum absolute atomic E-state index is 11.9. The molecule has 0 rings (SSSR count). The average Bonchev–Trinajstić information content (AvgIpc) is 2.72. The molecule has 11 heteroatoms. The zero-order chi connectivity index (χ0) is 22.0. The molecule has 0 aliphatic rings. The first-order chi connectivity index (χ1) is 14.0. The van der Waals surface area contributed by atoms with Gasteiger partial charge in [0.2, 0.25) is 5.91 Å². The van der Waals surface area contributed by atoms with Crippen LogP contribution in [0.5, 0.6) is 0 Å². The lowest BCUT2D eigenvalue weighted by molar-refractivity contribution is -0.121. The highest BCUT2D eigenvalue weighted by atomic mass is 28.4. The topological polar surface area (TPSA) is 96.5 Å². The van der Waals surface area contributed by atoms with E-state index in [0.29, 0.717) is 45.4 Å². The van der Waals surface area contributed by atoms with Crippen LogP contribution in [0.2, 0.25) is 12.1 Å². The van der Waals surface area contributed by atoms with Crippen LogP contribution in [-0.4, -0.2) is 84.3 Å². The fraction of sp³-hybridized carbons (Fsp3) is 0.944. The summed E-state index contributed by atoms with van der Waals surface area (Å²) in [4.78, 5) is 11.9. The molecule has 2 N–H and O–H groups in total. The zero-order valence-electron chi connectivity index (χ0n) is 19.1. The van der Waals surface area contributed by atoms with Crippen LogP contribution in [0, 0.1) is 0 Å². The van der Waals surface area contributed by atoms with E-state index in [-0.39, 0.29) is 5.91 Å². The molecule has 1 amide bonds. The van der Waals surface area contributed by atoms with Gasteiger partial charge in [-0.05, 0) is 40.2 Å². The summed E-state index contributed by atoms with van der Waals surface area (Å²) in [5, 5.41) is 6.22. The summed E-state index contributed by atoms with van der Waals surface area (Å²) in [7, 11) is -0.355. The lowest BCUT2D eigenvalue weighted by atomic mass is 10.3. The Morgan fingerprint density at radius 1 is 0.724 bits per heavy atom. The Bertz CT molecular complexity index is 390. The number of carbonyl (C=O) groups excluding carboxylic acids is 1. The molecule has 0 fully saturated rings. The molecule has 0 aromatic heterocycles. The molecule has 9 nitrogen and oxygen atoms in total. The van der Waals surface area contributed by atoms with Gasteiger partial charge >= 0.3 is 17.6 Å². The number of carbonyl (C=O) groups is 1. The van der Waals surface area contributed by atoms with Crippen LogP contribution >= 0.6 is 0 Å². The highest BCUT2D eigenvalue weighted by Gasteiger charge is 2.39. The summed E-state index contributed by atoms with van der Waals surface area (Å²) in [5.74, 6) is 0.0266. The number of amides is 1. The van der Waals surface area contributed by atoms with E-state index in [4.69, 9.17) is 26.6 Å². The van der Waals surface area contributed by atoms with E-state index in [1.807, 2.05) is 20.8 Å². The van der Waals surface area contributed by atoms with Crippen molar-refractivity contribution in [3.05, 3.63) is 0 Å². The Kier molecular flexibility index (Phi) is 17.1. The first-order valence-electron chi connectivity index (χ1n) is 10.5. The van der Waals surface area contributed by atoms with Crippen LogP contribution in [0.1, 0.15) is 40.0 Å². The Morgan fingerprint density at radius 3 is 1.69 bits per heavy atom. The maximum Gasteiger partial charge on any atom is 0.500 e. The lowest BCUT2D eigenvalue weighted by Gasteiger charge is -2.28. The van der Waals surface area contributed by atoms with Gasteiger partial charge in [-0.25, -0.2) is 0 Å². The third-order valence-corrected chi connectivity index (χ3v) is 10.4. The predicted octanol–water partition coefficient (Wildman–Crippen LogP) is 1.79. The lowest BCUT2D eigenvalue weighted by Crippen LogP contribution is -2.46. The van der Waals surface area contributed by atoms with E-state index in [2.05, 4.69) is 10.6 Å². The van der Waals surface area contributed by atoms with Crippen molar-refractivity contribution in [2.75, 3.05) is 60.8 Å². The first-order valence-corrected chi connectivity index (χ1v) is 14.4. The van der Waals surface area contributed by atoms with Gasteiger partial charge in [-0.3, -0.25) is 4.79 Å². The highest BCUT2D eigenvalue weighted by Crippen LogP contribution is 2.17. The molecule has 0 radical (unpaired) electrons. The van der Waals surface area contributed by atoms with E-state index in [1.165, 1.54) is 0 Å². The molecule has 0 saturated carbocycles. The molecule has 29 heavy (non-hydrogen) atoms. The third-order valence-electron chi connectivity index (χ3n) is 4.37. The van der Waals surface area contributed by atoms with Crippen molar-refractivity contribution in [2.45, 2.75) is 52.1 Å². The van der Waals surface area contributed by atoms with Crippen LogP contribution < -0.4 is 10.6 Å². The zero-order valence-corrected chi connectivity index (χ0v) is 21.1. The van der Waals surface area contributed by atoms with Gasteiger partial charge < -0.3 is 37.2 Å². The van der Waals surface area contributed by atoms with Crippen LogP contribution in [0.4, 0.5) is 0 Å². The van der Waals surface area contributed by atoms with Crippen molar-refractivity contribution in [1.29, 1.82) is 0 Å². The van der Waals surface area contributed by atoms with Crippen LogP contribution in [0.3, 0.4) is 0 Å².